The van der Waals surface area contributed by atoms with Gasteiger partial charge in [0.15, 0.2) is 5.11 Å². The van der Waals surface area contributed by atoms with E-state index in [0.29, 0.717) is 6.04 Å². The molecule has 0 aliphatic carbocycles. The molecule has 3 nitrogen and oxygen atoms in total. The summed E-state index contributed by atoms with van der Waals surface area (Å²) in [5, 5.41) is 4.88. The summed E-state index contributed by atoms with van der Waals surface area (Å²) in [5.41, 5.74) is 4.57. The first-order chi connectivity index (χ1) is 12.0. The first-order valence-electron chi connectivity index (χ1n) is 8.60. The van der Waals surface area contributed by atoms with Gasteiger partial charge in [-0.3, -0.25) is 0 Å². The van der Waals surface area contributed by atoms with E-state index in [4.69, 9.17) is 23.8 Å². The number of rotatable bonds is 2. The molecule has 5 heteroatoms. The summed E-state index contributed by atoms with van der Waals surface area (Å²) >= 11 is 11.8. The molecule has 132 valence electrons. The molecule has 1 fully saturated rings. The number of hydrogen-bond donors (Lipinski definition) is 1. The molecule has 2 aromatic carbocycles. The highest BCUT2D eigenvalue weighted by molar-refractivity contribution is 7.80. The fraction of sp³-hybridized carbons (Fsp3) is 0.350. The average Bonchev–Trinajstić information content (AvgIpc) is 2.60. The number of nitrogens with zero attached hydrogens (tertiary/aromatic N) is 2. The standard InChI is InChI=1S/C20H24ClN3S/c1-14-7-9-17(10-8-14)24-12-11-23(13-15(24)2)20(25)22-19-6-4-5-18(21)16(19)3/h4-10,15H,11-13H2,1-3H3,(H,22,25). The SMILES string of the molecule is Cc1ccc(N2CCN(C(=S)Nc3cccc(Cl)c3C)CC2C)cc1. The maximum atomic E-state index is 6.20. The molecule has 1 aliphatic rings. The summed E-state index contributed by atoms with van der Waals surface area (Å²) in [4.78, 5) is 4.69. The van der Waals surface area contributed by atoms with E-state index in [1.807, 2.05) is 25.1 Å². The Bertz CT molecular complexity index is 760. The molecular weight excluding hydrogens is 350 g/mol. The van der Waals surface area contributed by atoms with Crippen LogP contribution < -0.4 is 10.2 Å². The maximum Gasteiger partial charge on any atom is 0.173 e. The monoisotopic (exact) mass is 373 g/mol. The highest BCUT2D eigenvalue weighted by Crippen LogP contribution is 2.25. The van der Waals surface area contributed by atoms with Crippen molar-refractivity contribution in [3.8, 4) is 0 Å². The van der Waals surface area contributed by atoms with Crippen molar-refractivity contribution in [2.45, 2.75) is 26.8 Å². The zero-order valence-corrected chi connectivity index (χ0v) is 16.5. The number of halogens is 1. The molecule has 0 saturated carbocycles. The molecule has 1 aliphatic heterocycles. The second-order valence-corrected chi connectivity index (χ2v) is 7.46. The highest BCUT2D eigenvalue weighted by Gasteiger charge is 2.25. The van der Waals surface area contributed by atoms with Gasteiger partial charge in [0.05, 0.1) is 0 Å². The lowest BCUT2D eigenvalue weighted by molar-refractivity contribution is 0.342. The van der Waals surface area contributed by atoms with Gasteiger partial charge in [0.2, 0.25) is 0 Å². The Labute approximate surface area is 160 Å². The summed E-state index contributed by atoms with van der Waals surface area (Å²) < 4.78 is 0. The summed E-state index contributed by atoms with van der Waals surface area (Å²) in [5.74, 6) is 0. The van der Waals surface area contributed by atoms with Crippen LogP contribution in [0.4, 0.5) is 11.4 Å². The van der Waals surface area contributed by atoms with Crippen molar-refractivity contribution in [1.82, 2.24) is 4.90 Å². The fourth-order valence-corrected chi connectivity index (χ4v) is 3.65. The first kappa shape index (κ1) is 18.0. The minimum atomic E-state index is 0.400. The van der Waals surface area contributed by atoms with Crippen LogP contribution in [0.15, 0.2) is 42.5 Å². The summed E-state index contributed by atoms with van der Waals surface area (Å²) in [6.45, 7) is 9.14. The van der Waals surface area contributed by atoms with Gasteiger partial charge in [-0.15, -0.1) is 0 Å². The van der Waals surface area contributed by atoms with Crippen LogP contribution in [-0.2, 0) is 0 Å². The van der Waals surface area contributed by atoms with Crippen molar-refractivity contribution >= 4 is 40.3 Å². The molecule has 1 N–H and O–H groups in total. The maximum absolute atomic E-state index is 6.20. The second-order valence-electron chi connectivity index (χ2n) is 6.67. The van der Waals surface area contributed by atoms with Crippen LogP contribution in [-0.4, -0.2) is 35.7 Å². The van der Waals surface area contributed by atoms with Gasteiger partial charge < -0.3 is 15.1 Å². The molecule has 0 aromatic heterocycles. The molecular formula is C20H24ClN3S. The van der Waals surface area contributed by atoms with Gasteiger partial charge in [0, 0.05) is 42.1 Å². The number of aryl methyl sites for hydroxylation is 1. The van der Waals surface area contributed by atoms with Crippen LogP contribution in [0.3, 0.4) is 0 Å². The van der Waals surface area contributed by atoms with Crippen molar-refractivity contribution in [2.24, 2.45) is 0 Å². The Morgan fingerprint density at radius 1 is 1.12 bits per heavy atom. The summed E-state index contributed by atoms with van der Waals surface area (Å²) in [6.07, 6.45) is 0. The molecule has 1 unspecified atom stereocenters. The van der Waals surface area contributed by atoms with Crippen LogP contribution in [0.1, 0.15) is 18.1 Å². The third-order valence-corrected chi connectivity index (χ3v) is 5.56. The van der Waals surface area contributed by atoms with E-state index in [0.717, 1.165) is 41.0 Å². The predicted octanol–water partition coefficient (Wildman–Crippen LogP) is 4.86. The van der Waals surface area contributed by atoms with Gasteiger partial charge in [-0.25, -0.2) is 0 Å². The van der Waals surface area contributed by atoms with Crippen LogP contribution in [0.25, 0.3) is 0 Å². The molecule has 1 saturated heterocycles. The molecule has 3 rings (SSSR count). The number of benzene rings is 2. The first-order valence-corrected chi connectivity index (χ1v) is 9.38. The number of nitrogens with one attached hydrogen (secondary N) is 1. The van der Waals surface area contributed by atoms with E-state index in [2.05, 4.69) is 53.2 Å². The van der Waals surface area contributed by atoms with E-state index in [1.54, 1.807) is 0 Å². The third kappa shape index (κ3) is 4.07. The molecule has 0 radical (unpaired) electrons. The smallest absolute Gasteiger partial charge is 0.173 e. The molecule has 1 heterocycles. The largest absolute Gasteiger partial charge is 0.365 e. The van der Waals surface area contributed by atoms with Crippen LogP contribution in [0.2, 0.25) is 5.02 Å². The van der Waals surface area contributed by atoms with Gasteiger partial charge >= 0.3 is 0 Å². The van der Waals surface area contributed by atoms with E-state index >= 15 is 0 Å². The zero-order chi connectivity index (χ0) is 18.0. The van der Waals surface area contributed by atoms with Gasteiger partial charge in [-0.05, 0) is 62.8 Å². The minimum Gasteiger partial charge on any atom is -0.365 e. The van der Waals surface area contributed by atoms with E-state index in [1.165, 1.54) is 11.3 Å². The Hall–Kier alpha value is -1.78. The Morgan fingerprint density at radius 3 is 2.52 bits per heavy atom. The lowest BCUT2D eigenvalue weighted by Gasteiger charge is -2.42. The minimum absolute atomic E-state index is 0.400. The third-order valence-electron chi connectivity index (χ3n) is 4.79. The van der Waals surface area contributed by atoms with Crippen molar-refractivity contribution in [2.75, 3.05) is 29.9 Å². The van der Waals surface area contributed by atoms with Crippen molar-refractivity contribution in [1.29, 1.82) is 0 Å². The van der Waals surface area contributed by atoms with Gasteiger partial charge in [-0.2, -0.15) is 0 Å². The van der Waals surface area contributed by atoms with E-state index in [9.17, 15) is 0 Å². The average molecular weight is 374 g/mol. The number of thiocarbonyl (C=S) groups is 1. The quantitative estimate of drug-likeness (QED) is 0.757. The molecule has 25 heavy (non-hydrogen) atoms. The normalized spacial score (nSPS) is 17.5. The molecule has 0 spiro atoms. The van der Waals surface area contributed by atoms with Crippen LogP contribution >= 0.6 is 23.8 Å². The topological polar surface area (TPSA) is 18.5 Å². The van der Waals surface area contributed by atoms with E-state index in [-0.39, 0.29) is 0 Å². The summed E-state index contributed by atoms with van der Waals surface area (Å²) in [7, 11) is 0. The van der Waals surface area contributed by atoms with Crippen molar-refractivity contribution in [3.63, 3.8) is 0 Å². The molecule has 0 bridgehead atoms. The Balaban J connectivity index is 1.65. The number of hydrogen-bond acceptors (Lipinski definition) is 2. The molecule has 0 amide bonds. The molecule has 1 atom stereocenters. The van der Waals surface area contributed by atoms with Crippen molar-refractivity contribution < 1.29 is 0 Å². The van der Waals surface area contributed by atoms with Crippen molar-refractivity contribution in [3.05, 3.63) is 58.6 Å². The van der Waals surface area contributed by atoms with Crippen LogP contribution in [0, 0.1) is 13.8 Å². The van der Waals surface area contributed by atoms with Gasteiger partial charge in [0.25, 0.3) is 0 Å². The number of anilines is 2. The Kier molecular flexibility index (Phi) is 5.50. The highest BCUT2D eigenvalue weighted by atomic mass is 35.5. The molecule has 2 aromatic rings. The Morgan fingerprint density at radius 2 is 1.84 bits per heavy atom. The van der Waals surface area contributed by atoms with Gasteiger partial charge in [-0.1, -0.05) is 35.4 Å². The zero-order valence-electron chi connectivity index (χ0n) is 14.9. The van der Waals surface area contributed by atoms with E-state index < -0.39 is 0 Å². The lowest BCUT2D eigenvalue weighted by atomic mass is 10.1. The van der Waals surface area contributed by atoms with Crippen LogP contribution in [0.5, 0.6) is 0 Å². The predicted molar refractivity (Wildman–Crippen MR) is 112 cm³/mol. The fourth-order valence-electron chi connectivity index (χ4n) is 3.20. The second kappa shape index (κ2) is 7.63. The summed E-state index contributed by atoms with van der Waals surface area (Å²) in [6, 6.07) is 15.0. The van der Waals surface area contributed by atoms with Gasteiger partial charge in [0.1, 0.15) is 0 Å². The number of piperazine rings is 1. The lowest BCUT2D eigenvalue weighted by Crippen LogP contribution is -2.54.